The van der Waals surface area contributed by atoms with Gasteiger partial charge in [-0.2, -0.15) is 11.8 Å². The molecule has 2 aromatic rings. The summed E-state index contributed by atoms with van der Waals surface area (Å²) in [5.41, 5.74) is 0.962. The predicted molar refractivity (Wildman–Crippen MR) is 74.9 cm³/mol. The zero-order valence-corrected chi connectivity index (χ0v) is 11.4. The molecule has 2 heterocycles. The van der Waals surface area contributed by atoms with Crippen molar-refractivity contribution in [2.45, 2.75) is 18.2 Å². The first-order chi connectivity index (χ1) is 8.26. The fourth-order valence-corrected chi connectivity index (χ4v) is 3.06. The molecule has 0 bridgehead atoms. The van der Waals surface area contributed by atoms with Gasteiger partial charge in [-0.15, -0.1) is 11.3 Å². The molecule has 6 heteroatoms. The van der Waals surface area contributed by atoms with Crippen LogP contribution in [0.3, 0.4) is 0 Å². The Morgan fingerprint density at radius 1 is 1.53 bits per heavy atom. The second-order valence-corrected chi connectivity index (χ2v) is 5.74. The second kappa shape index (κ2) is 5.66. The molecule has 0 aliphatic rings. The van der Waals surface area contributed by atoms with E-state index in [1.807, 2.05) is 17.7 Å². The van der Waals surface area contributed by atoms with Gasteiger partial charge >= 0.3 is 0 Å². The Labute approximate surface area is 108 Å². The zero-order valence-electron chi connectivity index (χ0n) is 9.75. The average Bonchev–Trinajstić information content (AvgIpc) is 2.80. The van der Waals surface area contributed by atoms with E-state index in [2.05, 4.69) is 22.2 Å². The molecular formula is C11H15N3OS2. The quantitative estimate of drug-likeness (QED) is 0.871. The van der Waals surface area contributed by atoms with Crippen molar-refractivity contribution in [2.75, 3.05) is 18.2 Å². The molecule has 0 aromatic carbocycles. The van der Waals surface area contributed by atoms with Crippen LogP contribution in [0.25, 0.3) is 10.2 Å². The van der Waals surface area contributed by atoms with Gasteiger partial charge in [-0.25, -0.2) is 9.97 Å². The van der Waals surface area contributed by atoms with Crippen molar-refractivity contribution in [3.8, 4) is 0 Å². The Balaban J connectivity index is 2.20. The van der Waals surface area contributed by atoms with Gasteiger partial charge in [-0.05, 0) is 24.6 Å². The molecule has 0 saturated carbocycles. The van der Waals surface area contributed by atoms with E-state index in [-0.39, 0.29) is 17.9 Å². The fraction of sp³-hybridized carbons (Fsp3) is 0.455. The van der Waals surface area contributed by atoms with Crippen LogP contribution in [-0.2, 0) is 0 Å². The Morgan fingerprint density at radius 2 is 2.35 bits per heavy atom. The van der Waals surface area contributed by atoms with Gasteiger partial charge in [0.1, 0.15) is 12.1 Å². The number of aromatic nitrogens is 2. The van der Waals surface area contributed by atoms with E-state index in [9.17, 15) is 5.11 Å². The molecule has 0 unspecified atom stereocenters. The highest BCUT2D eigenvalue weighted by Gasteiger charge is 2.16. The summed E-state index contributed by atoms with van der Waals surface area (Å²) in [6, 6.07) is 2.14. The van der Waals surface area contributed by atoms with Crippen LogP contribution in [0.1, 0.15) is 6.92 Å². The molecule has 0 aliphatic heterocycles. The van der Waals surface area contributed by atoms with E-state index < -0.39 is 0 Å². The summed E-state index contributed by atoms with van der Waals surface area (Å²) in [5.74, 6) is 0.852. The number of thiophene rings is 1. The van der Waals surface area contributed by atoms with Gasteiger partial charge in [0.2, 0.25) is 0 Å². The van der Waals surface area contributed by atoms with Gasteiger partial charge in [0.25, 0.3) is 0 Å². The number of nitrogens with one attached hydrogen (secondary N) is 1. The number of anilines is 1. The number of hydrogen-bond donors (Lipinski definition) is 2. The lowest BCUT2D eigenvalue weighted by molar-refractivity contribution is 0.288. The minimum atomic E-state index is 0.161. The van der Waals surface area contributed by atoms with Crippen molar-refractivity contribution in [1.82, 2.24) is 9.97 Å². The Hall–Kier alpha value is -0.850. The van der Waals surface area contributed by atoms with E-state index >= 15 is 0 Å². The average molecular weight is 269 g/mol. The van der Waals surface area contributed by atoms with Crippen molar-refractivity contribution in [3.63, 3.8) is 0 Å². The number of aliphatic hydroxyl groups is 1. The summed E-state index contributed by atoms with van der Waals surface area (Å²) in [6.07, 6.45) is 3.57. The molecule has 2 rings (SSSR count). The third-order valence-electron chi connectivity index (χ3n) is 2.65. The lowest BCUT2D eigenvalue weighted by Crippen LogP contribution is -2.31. The van der Waals surface area contributed by atoms with Crippen LogP contribution in [0.5, 0.6) is 0 Å². The molecule has 0 amide bonds. The SMILES string of the molecule is CS[C@@H](CO)[C@H](C)Nc1ncnc2ccsc12. The smallest absolute Gasteiger partial charge is 0.147 e. The first-order valence-electron chi connectivity index (χ1n) is 5.34. The topological polar surface area (TPSA) is 58.0 Å². The van der Waals surface area contributed by atoms with E-state index in [1.165, 1.54) is 0 Å². The molecule has 2 N–H and O–H groups in total. The fourth-order valence-electron chi connectivity index (χ4n) is 1.64. The van der Waals surface area contributed by atoms with E-state index in [4.69, 9.17) is 0 Å². The van der Waals surface area contributed by atoms with Crippen molar-refractivity contribution in [1.29, 1.82) is 0 Å². The minimum Gasteiger partial charge on any atom is -0.395 e. The summed E-state index contributed by atoms with van der Waals surface area (Å²) in [4.78, 5) is 8.47. The lowest BCUT2D eigenvalue weighted by atomic mass is 10.2. The van der Waals surface area contributed by atoms with Crippen LogP contribution in [0.4, 0.5) is 5.82 Å². The van der Waals surface area contributed by atoms with Crippen LogP contribution < -0.4 is 5.32 Å². The summed E-state index contributed by atoms with van der Waals surface area (Å²) in [6.45, 7) is 2.22. The van der Waals surface area contributed by atoms with Crippen molar-refractivity contribution < 1.29 is 5.11 Å². The highest BCUT2D eigenvalue weighted by molar-refractivity contribution is 7.99. The Morgan fingerprint density at radius 3 is 3.06 bits per heavy atom. The van der Waals surface area contributed by atoms with Crippen molar-refractivity contribution in [3.05, 3.63) is 17.8 Å². The molecule has 0 saturated heterocycles. The molecular weight excluding hydrogens is 254 g/mol. The number of nitrogens with zero attached hydrogens (tertiary/aromatic N) is 2. The molecule has 92 valence electrons. The molecule has 0 fully saturated rings. The van der Waals surface area contributed by atoms with Gasteiger partial charge in [0.05, 0.1) is 16.8 Å². The van der Waals surface area contributed by atoms with Crippen LogP contribution in [-0.4, -0.2) is 39.2 Å². The number of hydrogen-bond acceptors (Lipinski definition) is 6. The standard InChI is InChI=1S/C11H15N3OS2/c1-7(9(5-15)16-2)14-11-10-8(3-4-17-10)12-6-13-11/h3-4,6-7,9,15H,5H2,1-2H3,(H,12,13,14)/t7-,9-/m0/s1. The Bertz CT molecular complexity index is 484. The van der Waals surface area contributed by atoms with Crippen LogP contribution in [0, 0.1) is 0 Å². The number of thioether (sulfide) groups is 1. The van der Waals surface area contributed by atoms with Gasteiger partial charge in [0.15, 0.2) is 0 Å². The Kier molecular flexibility index (Phi) is 4.20. The lowest BCUT2D eigenvalue weighted by Gasteiger charge is -2.21. The minimum absolute atomic E-state index is 0.161. The van der Waals surface area contributed by atoms with Crippen LogP contribution >= 0.6 is 23.1 Å². The third-order valence-corrected chi connectivity index (χ3v) is 4.72. The summed E-state index contributed by atoms with van der Waals surface area (Å²) in [7, 11) is 0. The summed E-state index contributed by atoms with van der Waals surface area (Å²) >= 11 is 3.28. The first kappa shape index (κ1) is 12.6. The van der Waals surface area contributed by atoms with Crippen LogP contribution in [0.15, 0.2) is 17.8 Å². The molecule has 17 heavy (non-hydrogen) atoms. The molecule has 0 radical (unpaired) electrons. The largest absolute Gasteiger partial charge is 0.395 e. The molecule has 2 atom stereocenters. The van der Waals surface area contributed by atoms with E-state index in [0.29, 0.717) is 0 Å². The summed E-state index contributed by atoms with van der Waals surface area (Å²) in [5, 5.41) is 14.8. The van der Waals surface area contributed by atoms with E-state index in [1.54, 1.807) is 29.4 Å². The maximum absolute atomic E-state index is 9.26. The molecule has 2 aromatic heterocycles. The highest BCUT2D eigenvalue weighted by atomic mass is 32.2. The third kappa shape index (κ3) is 2.70. The molecule has 0 spiro atoms. The van der Waals surface area contributed by atoms with Crippen molar-refractivity contribution >= 4 is 39.1 Å². The number of rotatable bonds is 5. The van der Waals surface area contributed by atoms with Crippen LogP contribution in [0.2, 0.25) is 0 Å². The molecule has 4 nitrogen and oxygen atoms in total. The normalized spacial score (nSPS) is 14.8. The maximum atomic E-state index is 9.26. The monoisotopic (exact) mass is 269 g/mol. The first-order valence-corrected chi connectivity index (χ1v) is 7.51. The van der Waals surface area contributed by atoms with Gasteiger partial charge in [-0.1, -0.05) is 0 Å². The highest BCUT2D eigenvalue weighted by Crippen LogP contribution is 2.26. The summed E-state index contributed by atoms with van der Waals surface area (Å²) < 4.78 is 1.07. The zero-order chi connectivity index (χ0) is 12.3. The maximum Gasteiger partial charge on any atom is 0.147 e. The number of fused-ring (bicyclic) bond motifs is 1. The van der Waals surface area contributed by atoms with Crippen molar-refractivity contribution in [2.24, 2.45) is 0 Å². The van der Waals surface area contributed by atoms with Gasteiger partial charge in [-0.3, -0.25) is 0 Å². The predicted octanol–water partition coefficient (Wildman–Crippen LogP) is 2.22. The van der Waals surface area contributed by atoms with Gasteiger partial charge in [0, 0.05) is 11.3 Å². The van der Waals surface area contributed by atoms with Gasteiger partial charge < -0.3 is 10.4 Å². The van der Waals surface area contributed by atoms with E-state index in [0.717, 1.165) is 16.0 Å². The second-order valence-electron chi connectivity index (χ2n) is 3.75. The number of aliphatic hydroxyl groups excluding tert-OH is 1. The molecule has 0 aliphatic carbocycles.